The number of rotatable bonds is 23. The Hall–Kier alpha value is -7.51. The van der Waals surface area contributed by atoms with Crippen LogP contribution in [0.4, 0.5) is 46.9 Å². The van der Waals surface area contributed by atoms with Gasteiger partial charge in [0.05, 0.1) is 29.5 Å². The number of halogens is 10. The standard InChI is InChI=1S/C76H87F7N8O8.3ClH/c1-85(35-11-36-87(3)70(94)55-19-25-62(26-20-55)90-39-28-53(29-40-90)18-27-68(92)86(2)44-45-88-37-30-63(31-38-88)99-72(96)84-66-17-10-8-15-64(66)54-12-5-4-6-13-54)69(93)50-97-67-48-56-14-7-9-16-65(56)73(67)32-41-89(42-33-73)43-34-74(58-21-23-61(77)24-22-58)51-91(52-98-74)71(95)57-46-59(75(78,79)80)49-60(47-57)76(81,82)83;;;/h4-10,12-17,19-26,46-47,49,53,63,67H,11,18,27-45,48,50-52H2,1-3H3,(H,84,96);3*1H/t67-,74-;;;/m0.../s1. The van der Waals surface area contributed by atoms with Gasteiger partial charge in [-0.15, -0.1) is 37.2 Å². The van der Waals surface area contributed by atoms with Crippen molar-refractivity contribution in [1.29, 1.82) is 0 Å². The van der Waals surface area contributed by atoms with Crippen LogP contribution in [-0.4, -0.2) is 184 Å². The van der Waals surface area contributed by atoms with E-state index in [1.54, 1.807) is 23.9 Å². The summed E-state index contributed by atoms with van der Waals surface area (Å²) in [4.78, 5) is 80.4. The van der Waals surface area contributed by atoms with Crippen LogP contribution < -0.4 is 10.2 Å². The van der Waals surface area contributed by atoms with Crippen molar-refractivity contribution in [3.8, 4) is 11.1 Å². The fourth-order valence-electron chi connectivity index (χ4n) is 14.8. The number of anilines is 2. The lowest BCUT2D eigenvalue weighted by atomic mass is 9.72. The molecule has 5 aliphatic rings. The zero-order valence-electron chi connectivity index (χ0n) is 57.5. The van der Waals surface area contributed by atoms with E-state index in [0.29, 0.717) is 106 Å². The molecule has 6 aromatic carbocycles. The maximum absolute atomic E-state index is 14.3. The summed E-state index contributed by atoms with van der Waals surface area (Å²) >= 11 is 0. The summed E-state index contributed by atoms with van der Waals surface area (Å²) in [5.74, 6) is -1.32. The molecular formula is C76H90Cl3F7N8O8. The van der Waals surface area contributed by atoms with E-state index in [9.17, 15) is 54.7 Å². The molecule has 0 saturated carbocycles. The third-order valence-corrected chi connectivity index (χ3v) is 20.9. The number of carbonyl (C=O) groups is 5. The minimum absolute atomic E-state index is 0. The third kappa shape index (κ3) is 19.7. The van der Waals surface area contributed by atoms with Gasteiger partial charge in [-0.2, -0.15) is 26.3 Å². The fourth-order valence-corrected chi connectivity index (χ4v) is 14.8. The molecule has 11 rings (SSSR count). The van der Waals surface area contributed by atoms with Crippen molar-refractivity contribution in [3.63, 3.8) is 0 Å². The van der Waals surface area contributed by atoms with Crippen molar-refractivity contribution in [2.45, 2.75) is 106 Å². The van der Waals surface area contributed by atoms with E-state index in [1.807, 2.05) is 103 Å². The van der Waals surface area contributed by atoms with E-state index >= 15 is 0 Å². The molecule has 0 unspecified atom stereocenters. The van der Waals surface area contributed by atoms with Gasteiger partial charge in [-0.25, -0.2) is 9.18 Å². The molecule has 1 N–H and O–H groups in total. The lowest BCUT2D eigenvalue weighted by Crippen LogP contribution is -2.50. The molecule has 1 aliphatic carbocycles. The summed E-state index contributed by atoms with van der Waals surface area (Å²) in [7, 11) is 5.36. The average Bonchev–Trinajstić information content (AvgIpc) is 1.58. The zero-order chi connectivity index (χ0) is 70.1. The molecule has 6 aromatic rings. The van der Waals surface area contributed by atoms with Gasteiger partial charge in [-0.1, -0.05) is 84.9 Å². The van der Waals surface area contributed by atoms with Crippen LogP contribution in [0.3, 0.4) is 0 Å². The second-order valence-electron chi connectivity index (χ2n) is 27.2. The summed E-state index contributed by atoms with van der Waals surface area (Å²) in [6, 6.07) is 39.7. The second kappa shape index (κ2) is 35.3. The third-order valence-electron chi connectivity index (χ3n) is 20.9. The molecule has 4 heterocycles. The number of likely N-dealkylation sites (tertiary alicyclic amines) is 2. The maximum Gasteiger partial charge on any atom is 0.416 e. The van der Waals surface area contributed by atoms with Crippen LogP contribution in [-0.2, 0) is 53.6 Å². The van der Waals surface area contributed by atoms with Crippen molar-refractivity contribution < 1.29 is 68.9 Å². The van der Waals surface area contributed by atoms with Crippen molar-refractivity contribution in [1.82, 2.24) is 29.4 Å². The van der Waals surface area contributed by atoms with Gasteiger partial charge in [0.1, 0.15) is 30.9 Å². The highest BCUT2D eigenvalue weighted by molar-refractivity contribution is 5.95. The Morgan fingerprint density at radius 3 is 1.91 bits per heavy atom. The van der Waals surface area contributed by atoms with Crippen molar-refractivity contribution >= 4 is 78.3 Å². The number of piperidine rings is 3. The van der Waals surface area contributed by atoms with Crippen LogP contribution in [0.2, 0.25) is 0 Å². The summed E-state index contributed by atoms with van der Waals surface area (Å²) < 4.78 is 116. The molecule has 16 nitrogen and oxygen atoms in total. The number of alkyl halides is 6. The largest absolute Gasteiger partial charge is 0.446 e. The minimum Gasteiger partial charge on any atom is -0.446 e. The predicted octanol–water partition coefficient (Wildman–Crippen LogP) is 14.3. The van der Waals surface area contributed by atoms with Crippen LogP contribution in [0.5, 0.6) is 0 Å². The zero-order valence-corrected chi connectivity index (χ0v) is 60.0. The first-order chi connectivity index (χ1) is 47.4. The van der Waals surface area contributed by atoms with Gasteiger partial charge in [-0.3, -0.25) is 24.5 Å². The lowest BCUT2D eigenvalue weighted by Gasteiger charge is -2.44. The summed E-state index contributed by atoms with van der Waals surface area (Å²) in [6.07, 6.45) is -3.71. The van der Waals surface area contributed by atoms with Crippen LogP contribution in [0.25, 0.3) is 11.1 Å². The number of ether oxygens (including phenoxy) is 3. The first-order valence-corrected chi connectivity index (χ1v) is 34.3. The maximum atomic E-state index is 14.3. The fraction of sp³-hybridized carbons (Fsp3) is 0.461. The molecule has 4 aliphatic heterocycles. The number of nitrogens with zero attached hydrogens (tertiary/aromatic N) is 7. The molecule has 1 spiro atoms. The lowest BCUT2D eigenvalue weighted by molar-refractivity contribution is -0.143. The Kier molecular flexibility index (Phi) is 27.8. The number of para-hydroxylation sites is 1. The minimum atomic E-state index is -5.15. The van der Waals surface area contributed by atoms with E-state index < -0.39 is 64.6 Å². The van der Waals surface area contributed by atoms with Gasteiger partial charge in [0.2, 0.25) is 11.8 Å². The molecule has 0 aromatic heterocycles. The monoisotopic (exact) mass is 1480 g/mol. The molecule has 0 radical (unpaired) electrons. The number of hydrogen-bond donors (Lipinski definition) is 1. The molecular weight excluding hydrogens is 1390 g/mol. The molecule has 4 saturated heterocycles. The molecule has 5 amide bonds. The molecule has 552 valence electrons. The van der Waals surface area contributed by atoms with Gasteiger partial charge >= 0.3 is 18.4 Å². The van der Waals surface area contributed by atoms with Crippen LogP contribution in [0.1, 0.15) is 113 Å². The highest BCUT2D eigenvalue weighted by Crippen LogP contribution is 2.49. The number of likely N-dealkylation sites (N-methyl/N-ethyl adjacent to an activating group) is 2. The Morgan fingerprint density at radius 2 is 1.25 bits per heavy atom. The molecule has 102 heavy (non-hydrogen) atoms. The van der Waals surface area contributed by atoms with Gasteiger partial charge in [0.15, 0.2) is 0 Å². The second-order valence-corrected chi connectivity index (χ2v) is 27.2. The normalized spacial score (nSPS) is 18.7. The number of carbonyl (C=O) groups excluding carboxylic acids is 5. The van der Waals surface area contributed by atoms with Crippen LogP contribution in [0.15, 0.2) is 146 Å². The number of amides is 5. The molecule has 0 bridgehead atoms. The van der Waals surface area contributed by atoms with E-state index in [2.05, 4.69) is 32.1 Å². The Morgan fingerprint density at radius 1 is 0.637 bits per heavy atom. The van der Waals surface area contributed by atoms with E-state index in [1.165, 1.54) is 29.8 Å². The molecule has 26 heteroatoms. The van der Waals surface area contributed by atoms with E-state index in [0.717, 1.165) is 92.1 Å². The van der Waals surface area contributed by atoms with Gasteiger partial charge in [0.25, 0.3) is 11.8 Å². The first kappa shape index (κ1) is 80.2. The van der Waals surface area contributed by atoms with E-state index in [4.69, 9.17) is 14.2 Å². The van der Waals surface area contributed by atoms with Gasteiger partial charge < -0.3 is 48.5 Å². The number of hydrogen-bond acceptors (Lipinski definition) is 11. The summed E-state index contributed by atoms with van der Waals surface area (Å²) in [6.45, 7) is 6.38. The Bertz CT molecular complexity index is 3750. The highest BCUT2D eigenvalue weighted by Gasteiger charge is 2.50. The van der Waals surface area contributed by atoms with Gasteiger partial charge in [0, 0.05) is 114 Å². The van der Waals surface area contributed by atoms with Crippen molar-refractivity contribution in [3.05, 3.63) is 190 Å². The highest BCUT2D eigenvalue weighted by atomic mass is 35.5. The van der Waals surface area contributed by atoms with Crippen molar-refractivity contribution in [2.24, 2.45) is 5.92 Å². The average molecular weight is 1480 g/mol. The quantitative estimate of drug-likeness (QED) is 0.0611. The number of benzene rings is 6. The Labute approximate surface area is 610 Å². The topological polar surface area (TPSA) is 148 Å². The van der Waals surface area contributed by atoms with Crippen LogP contribution in [0, 0.1) is 11.7 Å². The van der Waals surface area contributed by atoms with Gasteiger partial charge in [-0.05, 0) is 166 Å². The SMILES string of the molecule is CN(CCN1CCC(OC(=O)Nc2ccccc2-c2ccccc2)CC1)C(=O)CCC1CCN(c2ccc(C(=O)N(C)CCCN(C)C(=O)CO[C@H]3Cc4ccccc4C34CCN(CC[C@@]3(c5ccc(F)cc5)CN(C(=O)c5cc(C(F)(F)F)cc(C(F)(F)F)c5)CO3)CC4)cc2)CC1.Cl.Cl.Cl. The first-order valence-electron chi connectivity index (χ1n) is 34.3. The number of nitrogens with one attached hydrogen (secondary N) is 1. The predicted molar refractivity (Wildman–Crippen MR) is 384 cm³/mol. The Balaban J connectivity index is 0.00000440. The van der Waals surface area contributed by atoms with Crippen LogP contribution >= 0.6 is 37.2 Å². The summed E-state index contributed by atoms with van der Waals surface area (Å²) in [5.41, 5.74) is 1.40. The smallest absolute Gasteiger partial charge is 0.416 e. The van der Waals surface area contributed by atoms with E-state index in [-0.39, 0.29) is 92.8 Å². The molecule has 2 atom stereocenters. The summed E-state index contributed by atoms with van der Waals surface area (Å²) in [5, 5.41) is 2.94. The van der Waals surface area contributed by atoms with Crippen molar-refractivity contribution in [2.75, 3.05) is 123 Å². The molecule has 4 fully saturated rings. The number of fused-ring (bicyclic) bond motifs is 2.